The summed E-state index contributed by atoms with van der Waals surface area (Å²) in [5, 5.41) is 25.8. The van der Waals surface area contributed by atoms with Crippen LogP contribution in [0.4, 0.5) is 0 Å². The molecular weight excluding hydrogens is 658 g/mol. The molecule has 0 radical (unpaired) electrons. The zero-order valence-corrected chi connectivity index (χ0v) is 30.5. The number of amides is 7. The van der Waals surface area contributed by atoms with Crippen LogP contribution in [0.1, 0.15) is 79.2 Å². The van der Waals surface area contributed by atoms with Gasteiger partial charge in [0.2, 0.25) is 41.4 Å². The molecule has 2 fully saturated rings. The van der Waals surface area contributed by atoms with Crippen LogP contribution in [0.2, 0.25) is 0 Å². The number of aromatic hydroxyl groups is 1. The molecular formula is C36H55N7O8. The first kappa shape index (κ1) is 40.7. The summed E-state index contributed by atoms with van der Waals surface area (Å²) in [7, 11) is 0. The van der Waals surface area contributed by atoms with Crippen molar-refractivity contribution in [1.29, 1.82) is 0 Å². The van der Waals surface area contributed by atoms with Crippen molar-refractivity contribution in [3.8, 4) is 5.75 Å². The van der Waals surface area contributed by atoms with Crippen molar-refractivity contribution in [3.63, 3.8) is 0 Å². The fraction of sp³-hybridized carbons (Fsp3) is 0.639. The second-order valence-corrected chi connectivity index (χ2v) is 14.4. The normalized spacial score (nSPS) is 25.5. The minimum absolute atomic E-state index is 0.00658. The third-order valence-electron chi connectivity index (χ3n) is 9.21. The van der Waals surface area contributed by atoms with E-state index in [0.29, 0.717) is 24.8 Å². The number of benzene rings is 1. The maximum atomic E-state index is 13.8. The third kappa shape index (κ3) is 12.2. The highest BCUT2D eigenvalue weighted by molar-refractivity contribution is 5.97. The topological polar surface area (TPSA) is 215 Å². The summed E-state index contributed by atoms with van der Waals surface area (Å²) < 4.78 is 0. The van der Waals surface area contributed by atoms with Crippen LogP contribution in [-0.4, -0.2) is 101 Å². The Kier molecular flexibility index (Phi) is 15.2. The van der Waals surface area contributed by atoms with E-state index in [0.717, 1.165) is 0 Å². The number of phenols is 1. The van der Waals surface area contributed by atoms with Crippen LogP contribution in [0, 0.1) is 17.8 Å². The Labute approximate surface area is 299 Å². The summed E-state index contributed by atoms with van der Waals surface area (Å²) in [6, 6.07) is 0.955. The Morgan fingerprint density at radius 2 is 1.27 bits per heavy atom. The van der Waals surface area contributed by atoms with E-state index in [1.165, 1.54) is 17.0 Å². The number of rotatable bonds is 8. The first-order chi connectivity index (χ1) is 24.1. The molecule has 0 aromatic heterocycles. The van der Waals surface area contributed by atoms with E-state index < -0.39 is 84.6 Å². The van der Waals surface area contributed by atoms with Crippen LogP contribution in [0.5, 0.6) is 5.75 Å². The zero-order chi connectivity index (χ0) is 37.8. The fourth-order valence-corrected chi connectivity index (χ4v) is 6.23. The molecule has 15 heteroatoms. The van der Waals surface area contributed by atoms with Crippen LogP contribution < -0.4 is 31.9 Å². The average Bonchev–Trinajstić information content (AvgIpc) is 3.57. The molecule has 0 aliphatic carbocycles. The van der Waals surface area contributed by atoms with Crippen LogP contribution in [0.25, 0.3) is 0 Å². The van der Waals surface area contributed by atoms with Gasteiger partial charge in [0.25, 0.3) is 0 Å². The summed E-state index contributed by atoms with van der Waals surface area (Å²) in [5.74, 6) is -4.50. The molecule has 2 aliphatic rings. The van der Waals surface area contributed by atoms with Gasteiger partial charge in [0.05, 0.1) is 13.1 Å². The monoisotopic (exact) mass is 713 g/mol. The van der Waals surface area contributed by atoms with E-state index in [-0.39, 0.29) is 49.3 Å². The van der Waals surface area contributed by atoms with Crippen LogP contribution in [-0.2, 0) is 40.0 Å². The maximum absolute atomic E-state index is 13.8. The summed E-state index contributed by atoms with van der Waals surface area (Å²) in [4.78, 5) is 95.8. The summed E-state index contributed by atoms with van der Waals surface area (Å²) in [5.41, 5.74) is 0.611. The Morgan fingerprint density at radius 1 is 0.706 bits per heavy atom. The molecule has 7 N–H and O–H groups in total. The van der Waals surface area contributed by atoms with Gasteiger partial charge >= 0.3 is 0 Å². The van der Waals surface area contributed by atoms with Gasteiger partial charge in [-0.05, 0) is 61.1 Å². The number of phenolic OH excluding ortho intramolecular Hbond substituents is 1. The highest BCUT2D eigenvalue weighted by Gasteiger charge is 2.38. The van der Waals surface area contributed by atoms with Crippen molar-refractivity contribution in [3.05, 3.63) is 29.8 Å². The lowest BCUT2D eigenvalue weighted by Gasteiger charge is -2.30. The smallest absolute Gasteiger partial charge is 0.243 e. The van der Waals surface area contributed by atoms with Gasteiger partial charge in [0, 0.05) is 13.0 Å². The van der Waals surface area contributed by atoms with Gasteiger partial charge in [-0.3, -0.25) is 33.6 Å². The molecule has 2 heterocycles. The van der Waals surface area contributed by atoms with Crippen molar-refractivity contribution in [2.75, 3.05) is 19.6 Å². The lowest BCUT2D eigenvalue weighted by atomic mass is 9.95. The number of hydrogen-bond donors (Lipinski definition) is 7. The lowest BCUT2D eigenvalue weighted by Crippen LogP contribution is -2.60. The first-order valence-corrected chi connectivity index (χ1v) is 17.9. The lowest BCUT2D eigenvalue weighted by molar-refractivity contribution is -0.140. The third-order valence-corrected chi connectivity index (χ3v) is 9.21. The van der Waals surface area contributed by atoms with E-state index in [9.17, 15) is 38.7 Å². The number of fused-ring (bicyclic) bond motifs is 1. The molecule has 3 rings (SSSR count). The maximum Gasteiger partial charge on any atom is 0.243 e. The molecule has 1 aromatic rings. The number of hydrogen-bond acceptors (Lipinski definition) is 8. The van der Waals surface area contributed by atoms with Crippen molar-refractivity contribution in [2.45, 2.75) is 110 Å². The van der Waals surface area contributed by atoms with Crippen molar-refractivity contribution < 1.29 is 38.7 Å². The van der Waals surface area contributed by atoms with Gasteiger partial charge in [-0.25, -0.2) is 0 Å². The predicted molar refractivity (Wildman–Crippen MR) is 189 cm³/mol. The van der Waals surface area contributed by atoms with Gasteiger partial charge in [0.1, 0.15) is 36.0 Å². The molecule has 1 aromatic carbocycles. The highest BCUT2D eigenvalue weighted by Crippen LogP contribution is 2.19. The summed E-state index contributed by atoms with van der Waals surface area (Å²) in [6.45, 7) is 10.5. The summed E-state index contributed by atoms with van der Waals surface area (Å²) >= 11 is 0. The molecule has 7 amide bonds. The number of nitrogens with one attached hydrogen (secondary N) is 6. The van der Waals surface area contributed by atoms with Gasteiger partial charge in [-0.15, -0.1) is 0 Å². The zero-order valence-electron chi connectivity index (χ0n) is 30.5. The minimum Gasteiger partial charge on any atom is -0.508 e. The Hall–Kier alpha value is -4.69. The van der Waals surface area contributed by atoms with E-state index >= 15 is 0 Å². The predicted octanol–water partition coefficient (Wildman–Crippen LogP) is 0.249. The van der Waals surface area contributed by atoms with Crippen LogP contribution >= 0.6 is 0 Å². The Morgan fingerprint density at radius 3 is 1.88 bits per heavy atom. The standard InChI is InChI=1S/C36H55N7O8/c1-7-22(6)31-36(51)41-25(15-20(2)3)32(47)37-18-29(45)39-27(17-23-10-12-24(44)13-11-23)33(48)38-19-30(46)43-14-8-9-28(43)35(50)40-26(16-21(4)5)34(49)42-31/h10-13,20-22,25-28,31,44H,7-9,14-19H2,1-6H3,(H,37,47)(H,38,48)(H,39,45)(H,40,50)(H,41,51)(H,42,49)/t22-,25-,26-,27-,28-,31?/m0/s1. The van der Waals surface area contributed by atoms with Crippen molar-refractivity contribution in [2.24, 2.45) is 17.8 Å². The van der Waals surface area contributed by atoms with Gasteiger partial charge in [0.15, 0.2) is 0 Å². The second-order valence-electron chi connectivity index (χ2n) is 14.4. The Balaban J connectivity index is 1.97. The van der Waals surface area contributed by atoms with Gasteiger partial charge in [-0.1, -0.05) is 60.1 Å². The fourth-order valence-electron chi connectivity index (χ4n) is 6.23. The molecule has 0 spiro atoms. The number of carbonyl (C=O) groups excluding carboxylic acids is 7. The molecule has 0 saturated carbocycles. The van der Waals surface area contributed by atoms with Crippen molar-refractivity contribution >= 4 is 41.4 Å². The van der Waals surface area contributed by atoms with E-state index in [1.807, 2.05) is 34.6 Å². The first-order valence-electron chi connectivity index (χ1n) is 17.9. The molecule has 51 heavy (non-hydrogen) atoms. The highest BCUT2D eigenvalue weighted by atomic mass is 16.3. The molecule has 6 atom stereocenters. The van der Waals surface area contributed by atoms with Gasteiger partial charge in [-0.2, -0.15) is 0 Å². The SMILES string of the molecule is CC[C@H](C)C1NC(=O)[C@H](CC(C)C)NC(=O)[C@@H]2CCCN2C(=O)CNC(=O)[C@H](Cc2ccc(O)cc2)NC(=O)CNC(=O)[C@H](CC(C)C)NC1=O. The number of carbonyl (C=O) groups is 7. The molecule has 1 unspecified atom stereocenters. The molecule has 0 bridgehead atoms. The average molecular weight is 714 g/mol. The van der Waals surface area contributed by atoms with E-state index in [1.54, 1.807) is 19.1 Å². The van der Waals surface area contributed by atoms with Crippen LogP contribution in [0.15, 0.2) is 24.3 Å². The van der Waals surface area contributed by atoms with Gasteiger partial charge < -0.3 is 41.9 Å². The molecule has 2 saturated heterocycles. The number of nitrogens with zero attached hydrogens (tertiary/aromatic N) is 1. The second kappa shape index (κ2) is 19.1. The summed E-state index contributed by atoms with van der Waals surface area (Å²) in [6.07, 6.45) is 1.94. The molecule has 2 aliphatic heterocycles. The quantitative estimate of drug-likeness (QED) is 0.198. The largest absolute Gasteiger partial charge is 0.508 e. The Bertz CT molecular complexity index is 1420. The van der Waals surface area contributed by atoms with E-state index in [2.05, 4.69) is 31.9 Å². The molecule has 15 nitrogen and oxygen atoms in total. The van der Waals surface area contributed by atoms with Crippen molar-refractivity contribution in [1.82, 2.24) is 36.8 Å². The van der Waals surface area contributed by atoms with E-state index in [4.69, 9.17) is 0 Å². The van der Waals surface area contributed by atoms with Crippen LogP contribution in [0.3, 0.4) is 0 Å². The minimum atomic E-state index is -1.16. The molecule has 282 valence electrons.